The largest absolute Gasteiger partial charge is 0.496 e. The number of methoxy groups -OCH3 is 2. The summed E-state index contributed by atoms with van der Waals surface area (Å²) in [4.78, 5) is 66.2. The summed E-state index contributed by atoms with van der Waals surface area (Å²) in [6.45, 7) is -0.0848. The number of para-hydroxylation sites is 2. The average molecular weight is 511 g/mol. The van der Waals surface area contributed by atoms with Crippen LogP contribution in [0.15, 0.2) is 72.3 Å². The number of anilines is 1. The molecule has 0 atom stereocenters. The van der Waals surface area contributed by atoms with Crippen LogP contribution in [-0.2, 0) is 16.1 Å². The lowest BCUT2D eigenvalue weighted by Crippen LogP contribution is -2.54. The van der Waals surface area contributed by atoms with Crippen molar-refractivity contribution in [3.05, 3.63) is 94.6 Å². The molecule has 3 aromatic rings. The van der Waals surface area contributed by atoms with Crippen LogP contribution in [0.3, 0.4) is 0 Å². The lowest BCUT2D eigenvalue weighted by atomic mass is 10.0. The van der Waals surface area contributed by atoms with Crippen LogP contribution in [0.4, 0.5) is 10.5 Å². The van der Waals surface area contributed by atoms with Crippen LogP contribution in [0.5, 0.6) is 11.5 Å². The molecule has 0 saturated carbocycles. The van der Waals surface area contributed by atoms with Crippen molar-refractivity contribution in [2.75, 3.05) is 19.1 Å². The van der Waals surface area contributed by atoms with E-state index in [1.807, 2.05) is 0 Å². The number of nitrogens with zero attached hydrogens (tertiary/aromatic N) is 2. The van der Waals surface area contributed by atoms with Gasteiger partial charge in [-0.2, -0.15) is 0 Å². The van der Waals surface area contributed by atoms with Crippen molar-refractivity contribution in [2.24, 2.45) is 0 Å². The Morgan fingerprint density at radius 1 is 0.763 bits per heavy atom. The van der Waals surface area contributed by atoms with Crippen LogP contribution in [0.25, 0.3) is 6.08 Å². The molecule has 0 spiro atoms. The Morgan fingerprint density at radius 2 is 1.39 bits per heavy atom. The molecule has 0 aromatic heterocycles. The number of ether oxygens (including phenoxy) is 2. The number of fused-ring (bicyclic) bond motifs is 1. The number of hydrogen-bond donors (Lipinski definition) is 1. The molecule has 3 aromatic carbocycles. The number of rotatable bonds is 6. The zero-order chi connectivity index (χ0) is 27.0. The van der Waals surface area contributed by atoms with Gasteiger partial charge in [-0.05, 0) is 48.0 Å². The van der Waals surface area contributed by atoms with E-state index in [4.69, 9.17) is 9.47 Å². The normalized spacial score (nSPS) is 16.2. The topological polar surface area (TPSA) is 122 Å². The number of urea groups is 1. The Morgan fingerprint density at radius 3 is 2.05 bits per heavy atom. The summed E-state index contributed by atoms with van der Waals surface area (Å²) in [6.07, 6.45) is 1.33. The van der Waals surface area contributed by atoms with Crippen LogP contribution in [0, 0.1) is 0 Å². The number of barbiturate groups is 1. The van der Waals surface area contributed by atoms with Gasteiger partial charge in [0.2, 0.25) is 0 Å². The van der Waals surface area contributed by atoms with Crippen LogP contribution in [0.2, 0.25) is 0 Å². The summed E-state index contributed by atoms with van der Waals surface area (Å²) < 4.78 is 10.7. The number of benzene rings is 3. The standard InChI is InChI=1S/C28H21N3O7/c1-37-22-12-11-16(13-17(22)15-30-25(33)18-7-3-4-8-19(18)26(30)34)14-20-24(32)29-28(36)31(27(20)35)21-9-5-6-10-23(21)38-2/h3-14H,15H2,1-2H3,(H,29,32,36)/b20-14+. The molecule has 2 aliphatic rings. The fraction of sp³-hybridized carbons (Fsp3) is 0.107. The first-order valence-electron chi connectivity index (χ1n) is 11.5. The van der Waals surface area contributed by atoms with Crippen molar-refractivity contribution < 1.29 is 33.4 Å². The first-order chi connectivity index (χ1) is 18.3. The van der Waals surface area contributed by atoms with Crippen LogP contribution in [-0.4, -0.2) is 48.8 Å². The molecule has 5 rings (SSSR count). The molecule has 0 radical (unpaired) electrons. The van der Waals surface area contributed by atoms with Gasteiger partial charge in [-0.15, -0.1) is 0 Å². The molecule has 2 heterocycles. The van der Waals surface area contributed by atoms with Gasteiger partial charge in [0.15, 0.2) is 0 Å². The van der Waals surface area contributed by atoms with E-state index in [2.05, 4.69) is 5.32 Å². The molecule has 0 bridgehead atoms. The van der Waals surface area contributed by atoms with Gasteiger partial charge >= 0.3 is 6.03 Å². The lowest BCUT2D eigenvalue weighted by molar-refractivity contribution is -0.122. The second kappa shape index (κ2) is 9.66. The van der Waals surface area contributed by atoms with Gasteiger partial charge in [-0.1, -0.05) is 30.3 Å². The zero-order valence-corrected chi connectivity index (χ0v) is 20.4. The van der Waals surface area contributed by atoms with E-state index in [9.17, 15) is 24.0 Å². The number of imide groups is 3. The molecule has 38 heavy (non-hydrogen) atoms. The van der Waals surface area contributed by atoms with Crippen LogP contribution in [0.1, 0.15) is 31.8 Å². The predicted molar refractivity (Wildman–Crippen MR) is 136 cm³/mol. The molecule has 0 aliphatic carbocycles. The van der Waals surface area contributed by atoms with Crippen molar-refractivity contribution in [2.45, 2.75) is 6.54 Å². The Labute approximate surface area is 217 Å². The highest BCUT2D eigenvalue weighted by molar-refractivity contribution is 6.39. The molecule has 0 unspecified atom stereocenters. The molecule has 10 nitrogen and oxygen atoms in total. The summed E-state index contributed by atoms with van der Waals surface area (Å²) >= 11 is 0. The minimum atomic E-state index is -0.900. The van der Waals surface area contributed by atoms with E-state index in [1.165, 1.54) is 26.4 Å². The van der Waals surface area contributed by atoms with Gasteiger partial charge in [0.1, 0.15) is 17.1 Å². The van der Waals surface area contributed by atoms with Gasteiger partial charge < -0.3 is 9.47 Å². The minimum Gasteiger partial charge on any atom is -0.496 e. The summed E-state index contributed by atoms with van der Waals surface area (Å²) in [5, 5.41) is 2.18. The maximum atomic E-state index is 13.3. The van der Waals surface area contributed by atoms with Crippen molar-refractivity contribution in [1.29, 1.82) is 0 Å². The first kappa shape index (κ1) is 24.4. The third-order valence-electron chi connectivity index (χ3n) is 6.25. The molecule has 1 saturated heterocycles. The summed E-state index contributed by atoms with van der Waals surface area (Å²) in [6, 6.07) is 16.9. The highest BCUT2D eigenvalue weighted by atomic mass is 16.5. The van der Waals surface area contributed by atoms with Gasteiger partial charge in [0, 0.05) is 5.56 Å². The number of nitrogens with one attached hydrogen (secondary N) is 1. The summed E-state index contributed by atoms with van der Waals surface area (Å²) in [5.74, 6) is -1.86. The fourth-order valence-electron chi connectivity index (χ4n) is 4.42. The molecule has 1 fully saturated rings. The number of hydrogen-bond acceptors (Lipinski definition) is 7. The number of amides is 6. The van der Waals surface area contributed by atoms with Crippen molar-refractivity contribution >= 4 is 41.4 Å². The van der Waals surface area contributed by atoms with E-state index in [0.717, 1.165) is 9.80 Å². The van der Waals surface area contributed by atoms with Crippen molar-refractivity contribution in [3.63, 3.8) is 0 Å². The molecule has 6 amide bonds. The summed E-state index contributed by atoms with van der Waals surface area (Å²) in [5.41, 5.74) is 1.44. The maximum absolute atomic E-state index is 13.3. The zero-order valence-electron chi connectivity index (χ0n) is 20.4. The van der Waals surface area contributed by atoms with E-state index in [0.29, 0.717) is 28.0 Å². The van der Waals surface area contributed by atoms with E-state index in [1.54, 1.807) is 60.7 Å². The summed E-state index contributed by atoms with van der Waals surface area (Å²) in [7, 11) is 2.86. The maximum Gasteiger partial charge on any atom is 0.336 e. The highest BCUT2D eigenvalue weighted by Gasteiger charge is 2.38. The predicted octanol–water partition coefficient (Wildman–Crippen LogP) is 3.17. The second-order valence-corrected chi connectivity index (χ2v) is 8.44. The molecule has 190 valence electrons. The molecule has 1 N–H and O–H groups in total. The van der Waals surface area contributed by atoms with Gasteiger partial charge in [0.05, 0.1) is 37.6 Å². The Balaban J connectivity index is 1.49. The Hall–Kier alpha value is -5.25. The molecule has 2 aliphatic heterocycles. The third kappa shape index (κ3) is 4.07. The molecular formula is C28H21N3O7. The Kier molecular flexibility index (Phi) is 6.21. The average Bonchev–Trinajstić information content (AvgIpc) is 3.16. The van der Waals surface area contributed by atoms with E-state index >= 15 is 0 Å². The minimum absolute atomic E-state index is 0.0848. The Bertz CT molecular complexity index is 1520. The highest BCUT2D eigenvalue weighted by Crippen LogP contribution is 2.32. The smallest absolute Gasteiger partial charge is 0.336 e. The second-order valence-electron chi connectivity index (χ2n) is 8.44. The third-order valence-corrected chi connectivity index (χ3v) is 6.25. The van der Waals surface area contributed by atoms with Crippen molar-refractivity contribution in [3.8, 4) is 11.5 Å². The number of carbonyl (C=O) groups excluding carboxylic acids is 5. The van der Waals surface area contributed by atoms with Gasteiger partial charge in [-0.3, -0.25) is 29.4 Å². The first-order valence-corrected chi connectivity index (χ1v) is 11.5. The van der Waals surface area contributed by atoms with Crippen LogP contribution < -0.4 is 19.7 Å². The van der Waals surface area contributed by atoms with Crippen molar-refractivity contribution in [1.82, 2.24) is 10.2 Å². The van der Waals surface area contributed by atoms with E-state index in [-0.39, 0.29) is 23.6 Å². The SMILES string of the molecule is COc1ccc(/C=C2\C(=O)NC(=O)N(c3ccccc3OC)C2=O)cc1CN1C(=O)c2ccccc2C1=O. The monoisotopic (exact) mass is 511 g/mol. The fourth-order valence-corrected chi connectivity index (χ4v) is 4.42. The van der Waals surface area contributed by atoms with Gasteiger partial charge in [-0.25, -0.2) is 9.69 Å². The molecule has 10 heteroatoms. The van der Waals surface area contributed by atoms with Gasteiger partial charge in [0.25, 0.3) is 23.6 Å². The van der Waals surface area contributed by atoms with Crippen LogP contribution >= 0.6 is 0 Å². The van der Waals surface area contributed by atoms with E-state index < -0.39 is 29.7 Å². The number of carbonyl (C=O) groups is 5. The quantitative estimate of drug-likeness (QED) is 0.306. The molecular weight excluding hydrogens is 490 g/mol. The lowest BCUT2D eigenvalue weighted by Gasteiger charge is -2.27.